The van der Waals surface area contributed by atoms with E-state index >= 15 is 0 Å². The van der Waals surface area contributed by atoms with Crippen LogP contribution in [0.1, 0.15) is 12.8 Å². The number of aryl methyl sites for hydroxylation is 1. The maximum absolute atomic E-state index is 11.7. The average Bonchev–Trinajstić information content (AvgIpc) is 2.70. The van der Waals surface area contributed by atoms with E-state index in [1.54, 1.807) is 31.2 Å². The molecule has 0 saturated carbocycles. The second-order valence-corrected chi connectivity index (χ2v) is 3.83. The van der Waals surface area contributed by atoms with Crippen LogP contribution in [0, 0.1) is 0 Å². The predicted molar refractivity (Wildman–Crippen MR) is 61.5 cm³/mol. The zero-order valence-electron chi connectivity index (χ0n) is 9.83. The Labute approximate surface area is 98.8 Å². The number of hydrogen-bond donors (Lipinski definition) is 2. The van der Waals surface area contributed by atoms with Gasteiger partial charge in [0.15, 0.2) is 5.82 Å². The second kappa shape index (κ2) is 5.44. The van der Waals surface area contributed by atoms with Crippen molar-refractivity contribution >= 4 is 17.7 Å². The summed E-state index contributed by atoms with van der Waals surface area (Å²) in [5.74, 6) is -0.778. The van der Waals surface area contributed by atoms with E-state index in [-0.39, 0.29) is 18.7 Å². The van der Waals surface area contributed by atoms with E-state index in [1.807, 2.05) is 0 Å². The fraction of sp³-hybridized carbons (Fsp3) is 0.500. The number of rotatable bonds is 5. The molecular weight excluding hydrogens is 224 g/mol. The van der Waals surface area contributed by atoms with Gasteiger partial charge in [0.05, 0.1) is 6.33 Å². The van der Waals surface area contributed by atoms with E-state index in [0.29, 0.717) is 5.82 Å². The Bertz CT molecular complexity index is 415. The van der Waals surface area contributed by atoms with Crippen LogP contribution in [0.15, 0.2) is 12.5 Å². The molecule has 1 amide bonds. The van der Waals surface area contributed by atoms with Crippen LogP contribution in [0.3, 0.4) is 0 Å². The first-order valence-electron chi connectivity index (χ1n) is 5.14. The normalized spacial score (nSPS) is 12.2. The highest BCUT2D eigenvalue weighted by Gasteiger charge is 2.17. The van der Waals surface area contributed by atoms with Gasteiger partial charge in [-0.3, -0.25) is 14.5 Å². The Hall–Kier alpha value is -1.89. The second-order valence-electron chi connectivity index (χ2n) is 3.83. The lowest BCUT2D eigenvalue weighted by atomic mass is 10.1. The van der Waals surface area contributed by atoms with Crippen molar-refractivity contribution in [2.45, 2.75) is 18.9 Å². The third kappa shape index (κ3) is 3.56. The summed E-state index contributed by atoms with van der Waals surface area (Å²) in [4.78, 5) is 27.6. The predicted octanol–water partition coefficient (Wildman–Crippen LogP) is -0.425. The average molecular weight is 240 g/mol. The number of aromatic nitrogens is 2. The number of imidazole rings is 1. The minimum Gasteiger partial charge on any atom is -0.480 e. The molecule has 0 bridgehead atoms. The standard InChI is InChI=1S/C10H16N4O3/c1-13-5-8(12-6-13)14(2)9(15)4-3-7(11)10(16)17/h5-7H,3-4,11H2,1-2H3,(H,16,17)/t7-/m0/s1. The number of amides is 1. The van der Waals surface area contributed by atoms with E-state index < -0.39 is 12.0 Å². The van der Waals surface area contributed by atoms with Gasteiger partial charge in [0.1, 0.15) is 6.04 Å². The highest BCUT2D eigenvalue weighted by atomic mass is 16.4. The van der Waals surface area contributed by atoms with Gasteiger partial charge in [0, 0.05) is 26.7 Å². The lowest BCUT2D eigenvalue weighted by Crippen LogP contribution is -2.33. The number of carbonyl (C=O) groups excluding carboxylic acids is 1. The molecule has 1 rings (SSSR count). The topological polar surface area (TPSA) is 101 Å². The molecule has 1 heterocycles. The van der Waals surface area contributed by atoms with E-state index in [9.17, 15) is 9.59 Å². The SMILES string of the molecule is CN(C(=O)CC[C@H](N)C(=O)O)c1cn(C)cn1. The molecule has 17 heavy (non-hydrogen) atoms. The molecule has 0 aliphatic heterocycles. The van der Waals surface area contributed by atoms with Crippen LogP contribution in [0.5, 0.6) is 0 Å². The Kier molecular flexibility index (Phi) is 4.22. The van der Waals surface area contributed by atoms with E-state index in [0.717, 1.165) is 0 Å². The van der Waals surface area contributed by atoms with Gasteiger partial charge < -0.3 is 15.4 Å². The molecule has 0 saturated heterocycles. The summed E-state index contributed by atoms with van der Waals surface area (Å²) in [6.45, 7) is 0. The Balaban J connectivity index is 2.50. The van der Waals surface area contributed by atoms with Crippen molar-refractivity contribution in [2.75, 3.05) is 11.9 Å². The first-order chi connectivity index (χ1) is 7.91. The first-order valence-corrected chi connectivity index (χ1v) is 5.14. The van der Waals surface area contributed by atoms with Crippen LogP contribution in [-0.4, -0.2) is 39.6 Å². The van der Waals surface area contributed by atoms with Crippen molar-refractivity contribution in [2.24, 2.45) is 12.8 Å². The van der Waals surface area contributed by atoms with Crippen LogP contribution >= 0.6 is 0 Å². The van der Waals surface area contributed by atoms with Crippen molar-refractivity contribution in [3.8, 4) is 0 Å². The van der Waals surface area contributed by atoms with Crippen LogP contribution in [0.2, 0.25) is 0 Å². The van der Waals surface area contributed by atoms with Crippen molar-refractivity contribution in [1.29, 1.82) is 0 Å². The number of aliphatic carboxylic acids is 1. The van der Waals surface area contributed by atoms with Crippen LogP contribution in [0.4, 0.5) is 5.82 Å². The summed E-state index contributed by atoms with van der Waals surface area (Å²) in [6, 6.07) is -1.00. The lowest BCUT2D eigenvalue weighted by molar-refractivity contribution is -0.138. The van der Waals surface area contributed by atoms with Crippen molar-refractivity contribution in [3.63, 3.8) is 0 Å². The maximum atomic E-state index is 11.7. The number of nitrogens with two attached hydrogens (primary N) is 1. The summed E-state index contributed by atoms with van der Waals surface area (Å²) >= 11 is 0. The Morgan fingerprint density at radius 3 is 2.76 bits per heavy atom. The maximum Gasteiger partial charge on any atom is 0.320 e. The van der Waals surface area contributed by atoms with E-state index in [2.05, 4.69) is 4.98 Å². The van der Waals surface area contributed by atoms with Crippen LogP contribution in [-0.2, 0) is 16.6 Å². The summed E-state index contributed by atoms with van der Waals surface area (Å²) < 4.78 is 1.72. The number of carboxylic acids is 1. The third-order valence-electron chi connectivity index (χ3n) is 2.40. The molecule has 0 spiro atoms. The van der Waals surface area contributed by atoms with Crippen molar-refractivity contribution in [1.82, 2.24) is 9.55 Å². The Morgan fingerprint density at radius 2 is 2.29 bits per heavy atom. The molecule has 3 N–H and O–H groups in total. The molecule has 0 aromatic carbocycles. The number of anilines is 1. The minimum atomic E-state index is -1.10. The number of carbonyl (C=O) groups is 2. The number of nitrogens with zero attached hydrogens (tertiary/aromatic N) is 3. The van der Waals surface area contributed by atoms with Gasteiger partial charge in [0.2, 0.25) is 5.91 Å². The van der Waals surface area contributed by atoms with Crippen molar-refractivity contribution < 1.29 is 14.7 Å². The minimum absolute atomic E-state index is 0.0839. The molecule has 0 aliphatic rings. The molecular formula is C10H16N4O3. The molecule has 1 aromatic heterocycles. The third-order valence-corrected chi connectivity index (χ3v) is 2.40. The lowest BCUT2D eigenvalue weighted by Gasteiger charge is -2.14. The van der Waals surface area contributed by atoms with E-state index in [4.69, 9.17) is 10.8 Å². The molecule has 1 atom stereocenters. The van der Waals surface area contributed by atoms with Crippen molar-refractivity contribution in [3.05, 3.63) is 12.5 Å². The molecule has 0 aliphatic carbocycles. The number of hydrogen-bond acceptors (Lipinski definition) is 4. The van der Waals surface area contributed by atoms with Gasteiger partial charge in [0.25, 0.3) is 0 Å². The zero-order chi connectivity index (χ0) is 13.0. The van der Waals surface area contributed by atoms with Gasteiger partial charge >= 0.3 is 5.97 Å². The fourth-order valence-electron chi connectivity index (χ4n) is 1.27. The largest absolute Gasteiger partial charge is 0.480 e. The van der Waals surface area contributed by atoms with Gasteiger partial charge in [-0.2, -0.15) is 0 Å². The van der Waals surface area contributed by atoms with Gasteiger partial charge in [-0.1, -0.05) is 0 Å². The molecule has 1 aromatic rings. The first kappa shape index (κ1) is 13.2. The quantitative estimate of drug-likeness (QED) is 0.727. The monoisotopic (exact) mass is 240 g/mol. The molecule has 7 nitrogen and oxygen atoms in total. The summed E-state index contributed by atoms with van der Waals surface area (Å²) in [5.41, 5.74) is 5.32. The van der Waals surface area contributed by atoms with Gasteiger partial charge in [-0.05, 0) is 6.42 Å². The van der Waals surface area contributed by atoms with Crippen LogP contribution in [0.25, 0.3) is 0 Å². The molecule has 7 heteroatoms. The van der Waals surface area contributed by atoms with E-state index in [1.165, 1.54) is 4.90 Å². The summed E-state index contributed by atoms with van der Waals surface area (Å²) in [7, 11) is 3.39. The molecule has 94 valence electrons. The number of carboxylic acid groups (broad SMARTS) is 1. The van der Waals surface area contributed by atoms with Crippen LogP contribution < -0.4 is 10.6 Å². The smallest absolute Gasteiger partial charge is 0.320 e. The molecule has 0 unspecified atom stereocenters. The van der Waals surface area contributed by atoms with Gasteiger partial charge in [-0.15, -0.1) is 0 Å². The highest BCUT2D eigenvalue weighted by Crippen LogP contribution is 2.10. The fourth-order valence-corrected chi connectivity index (χ4v) is 1.27. The highest BCUT2D eigenvalue weighted by molar-refractivity contribution is 5.92. The molecule has 0 fully saturated rings. The zero-order valence-corrected chi connectivity index (χ0v) is 9.83. The van der Waals surface area contributed by atoms with Gasteiger partial charge in [-0.25, -0.2) is 4.98 Å². The summed E-state index contributed by atoms with van der Waals surface area (Å²) in [6.07, 6.45) is 3.49. The Morgan fingerprint density at radius 1 is 1.65 bits per heavy atom. The summed E-state index contributed by atoms with van der Waals surface area (Å²) in [5, 5.41) is 8.59. The molecule has 0 radical (unpaired) electrons.